The number of benzene rings is 1. The van der Waals surface area contributed by atoms with Crippen molar-refractivity contribution in [2.24, 2.45) is 12.8 Å². The van der Waals surface area contributed by atoms with Gasteiger partial charge in [-0.1, -0.05) is 28.1 Å². The van der Waals surface area contributed by atoms with E-state index in [0.717, 1.165) is 36.0 Å². The summed E-state index contributed by atoms with van der Waals surface area (Å²) in [6.45, 7) is 3.27. The second kappa shape index (κ2) is 9.22. The summed E-state index contributed by atoms with van der Waals surface area (Å²) in [6, 6.07) is 9.72. The number of amides is 1. The van der Waals surface area contributed by atoms with E-state index in [2.05, 4.69) is 27.1 Å². The lowest BCUT2D eigenvalue weighted by Crippen LogP contribution is -2.52. The predicted molar refractivity (Wildman–Crippen MR) is 112 cm³/mol. The van der Waals surface area contributed by atoms with Gasteiger partial charge in [-0.05, 0) is 43.5 Å². The molecule has 1 atom stereocenters. The number of piperidine rings is 1. The van der Waals surface area contributed by atoms with Crippen LogP contribution in [0.4, 0.5) is 0 Å². The second-order valence-corrected chi connectivity index (χ2v) is 7.57. The third-order valence-corrected chi connectivity index (χ3v) is 5.48. The van der Waals surface area contributed by atoms with Crippen molar-refractivity contribution in [3.63, 3.8) is 0 Å². The normalized spacial score (nSPS) is 17.0. The van der Waals surface area contributed by atoms with Gasteiger partial charge in [0.05, 0.1) is 0 Å². The molecule has 1 unspecified atom stereocenters. The molecule has 1 saturated heterocycles. The zero-order valence-electron chi connectivity index (χ0n) is 14.9. The molecule has 1 amide bonds. The van der Waals surface area contributed by atoms with Gasteiger partial charge in [-0.3, -0.25) is 9.48 Å². The third kappa shape index (κ3) is 4.60. The van der Waals surface area contributed by atoms with Gasteiger partial charge in [0, 0.05) is 42.4 Å². The highest BCUT2D eigenvalue weighted by Crippen LogP contribution is 2.30. The molecule has 2 heterocycles. The molecular weight excluding hydrogens is 439 g/mol. The number of hydrogen-bond acceptors (Lipinski definition) is 3. The first-order valence-electron chi connectivity index (χ1n) is 8.22. The largest absolute Gasteiger partial charge is 0.341 e. The maximum absolute atomic E-state index is 12.9. The number of nitrogens with two attached hydrogens (primary N) is 1. The highest BCUT2D eigenvalue weighted by molar-refractivity contribution is 9.10. The molecule has 0 radical (unpaired) electrons. The summed E-state index contributed by atoms with van der Waals surface area (Å²) in [5.41, 5.74) is 7.47. The number of carbonyl (C=O) groups excluding carboxylic acids is 1. The van der Waals surface area contributed by atoms with Crippen molar-refractivity contribution in [2.75, 3.05) is 13.1 Å². The van der Waals surface area contributed by atoms with Gasteiger partial charge in [0.25, 0.3) is 0 Å². The molecule has 5 nitrogen and oxygen atoms in total. The molecule has 1 aromatic heterocycles. The van der Waals surface area contributed by atoms with E-state index in [9.17, 15) is 4.79 Å². The van der Waals surface area contributed by atoms with E-state index in [1.807, 2.05) is 47.1 Å². The maximum atomic E-state index is 12.9. The lowest BCUT2D eigenvalue weighted by Gasteiger charge is -2.37. The zero-order chi connectivity index (χ0) is 17.3. The summed E-state index contributed by atoms with van der Waals surface area (Å²) >= 11 is 3.41. The predicted octanol–water partition coefficient (Wildman–Crippen LogP) is 3.61. The molecule has 2 N–H and O–H groups in total. The first-order chi connectivity index (χ1) is 11.4. The fourth-order valence-electron chi connectivity index (χ4n) is 3.41. The minimum Gasteiger partial charge on any atom is -0.341 e. The monoisotopic (exact) mass is 462 g/mol. The van der Waals surface area contributed by atoms with Gasteiger partial charge in [-0.15, -0.1) is 24.8 Å². The van der Waals surface area contributed by atoms with E-state index in [-0.39, 0.29) is 30.7 Å². The average molecular weight is 464 g/mol. The number of nitrogens with zero attached hydrogens (tertiary/aromatic N) is 3. The van der Waals surface area contributed by atoms with Gasteiger partial charge in [0.15, 0.2) is 0 Å². The smallest absolute Gasteiger partial charge is 0.246 e. The number of carbonyl (C=O) groups is 1. The van der Waals surface area contributed by atoms with Crippen molar-refractivity contribution in [1.29, 1.82) is 0 Å². The zero-order valence-corrected chi connectivity index (χ0v) is 18.1. The Kier molecular flexibility index (Phi) is 8.14. The number of likely N-dealkylation sites (tertiary alicyclic amines) is 1. The van der Waals surface area contributed by atoms with E-state index in [1.54, 1.807) is 6.92 Å². The van der Waals surface area contributed by atoms with Crippen LogP contribution in [0.1, 0.15) is 36.9 Å². The van der Waals surface area contributed by atoms with Crippen LogP contribution in [-0.2, 0) is 17.4 Å². The average Bonchev–Trinajstić information content (AvgIpc) is 3.01. The molecule has 1 aliphatic rings. The molecule has 26 heavy (non-hydrogen) atoms. The number of hydrogen-bond donors (Lipinski definition) is 1. The van der Waals surface area contributed by atoms with Gasteiger partial charge in [0.1, 0.15) is 5.54 Å². The number of aryl methyl sites for hydroxylation is 1. The minimum atomic E-state index is -1.000. The molecule has 0 bridgehead atoms. The van der Waals surface area contributed by atoms with E-state index >= 15 is 0 Å². The SMILES string of the molecule is Cl.Cl.Cn1nccc1C1CCN(C(=O)C(C)(N)c2ccc(Br)cc2)CC1. The first kappa shape index (κ1) is 23.0. The van der Waals surface area contributed by atoms with Gasteiger partial charge in [-0.25, -0.2) is 0 Å². The Balaban J connectivity index is 0.00000169. The van der Waals surface area contributed by atoms with E-state index in [0.29, 0.717) is 5.92 Å². The minimum absolute atomic E-state index is 0. The Labute approximate surface area is 175 Å². The van der Waals surface area contributed by atoms with E-state index < -0.39 is 5.54 Å². The molecular formula is C18H25BrCl2N4O. The Morgan fingerprint density at radius 1 is 1.19 bits per heavy atom. The second-order valence-electron chi connectivity index (χ2n) is 6.66. The summed E-state index contributed by atoms with van der Waals surface area (Å²) in [5, 5.41) is 4.24. The topological polar surface area (TPSA) is 64.2 Å². The van der Waals surface area contributed by atoms with Crippen LogP contribution in [-0.4, -0.2) is 33.7 Å². The fraction of sp³-hybridized carbons (Fsp3) is 0.444. The Morgan fingerprint density at radius 3 is 2.27 bits per heavy atom. The van der Waals surface area contributed by atoms with Crippen LogP contribution < -0.4 is 5.73 Å². The van der Waals surface area contributed by atoms with Gasteiger partial charge in [-0.2, -0.15) is 5.10 Å². The molecule has 8 heteroatoms. The maximum Gasteiger partial charge on any atom is 0.246 e. The summed E-state index contributed by atoms with van der Waals surface area (Å²) in [7, 11) is 1.97. The van der Waals surface area contributed by atoms with E-state index in [1.165, 1.54) is 5.69 Å². The molecule has 1 fully saturated rings. The summed E-state index contributed by atoms with van der Waals surface area (Å²) in [5.74, 6) is 0.450. The molecule has 1 aliphatic heterocycles. The van der Waals surface area contributed by atoms with Crippen molar-refractivity contribution in [1.82, 2.24) is 14.7 Å². The van der Waals surface area contributed by atoms with Crippen LogP contribution in [0.5, 0.6) is 0 Å². The van der Waals surface area contributed by atoms with Gasteiger partial charge in [0.2, 0.25) is 5.91 Å². The third-order valence-electron chi connectivity index (χ3n) is 4.95. The Hall–Kier alpha value is -1.08. The van der Waals surface area contributed by atoms with Crippen LogP contribution in [0.25, 0.3) is 0 Å². The molecule has 0 saturated carbocycles. The van der Waals surface area contributed by atoms with Gasteiger partial charge >= 0.3 is 0 Å². The van der Waals surface area contributed by atoms with Crippen molar-refractivity contribution in [3.8, 4) is 0 Å². The van der Waals surface area contributed by atoms with Crippen LogP contribution in [0, 0.1) is 0 Å². The van der Waals surface area contributed by atoms with Crippen LogP contribution >= 0.6 is 40.7 Å². The molecule has 0 spiro atoms. The molecule has 3 rings (SSSR count). The first-order valence-corrected chi connectivity index (χ1v) is 9.01. The summed E-state index contributed by atoms with van der Waals surface area (Å²) in [6.07, 6.45) is 3.72. The van der Waals surface area contributed by atoms with E-state index in [4.69, 9.17) is 5.73 Å². The Bertz CT molecular complexity index is 725. The number of halogens is 3. The van der Waals surface area contributed by atoms with Crippen molar-refractivity contribution < 1.29 is 4.79 Å². The number of aromatic nitrogens is 2. The fourth-order valence-corrected chi connectivity index (χ4v) is 3.68. The van der Waals surface area contributed by atoms with Crippen LogP contribution in [0.15, 0.2) is 41.0 Å². The number of rotatable bonds is 3. The van der Waals surface area contributed by atoms with Crippen LogP contribution in [0.3, 0.4) is 0 Å². The Morgan fingerprint density at radius 2 is 1.77 bits per heavy atom. The summed E-state index contributed by atoms with van der Waals surface area (Å²) < 4.78 is 2.91. The van der Waals surface area contributed by atoms with Crippen molar-refractivity contribution in [3.05, 3.63) is 52.3 Å². The van der Waals surface area contributed by atoms with Crippen LogP contribution in [0.2, 0.25) is 0 Å². The van der Waals surface area contributed by atoms with Crippen molar-refractivity contribution in [2.45, 2.75) is 31.2 Å². The standard InChI is InChI=1S/C18H23BrN4O.2ClH/c1-18(20,14-3-5-15(19)6-4-14)17(24)23-11-8-13(9-12-23)16-7-10-21-22(16)2;;/h3-7,10,13H,8-9,11-12,20H2,1-2H3;2*1H. The van der Waals surface area contributed by atoms with Crippen molar-refractivity contribution >= 4 is 46.7 Å². The summed E-state index contributed by atoms with van der Waals surface area (Å²) in [4.78, 5) is 14.8. The quantitative estimate of drug-likeness (QED) is 0.756. The van der Waals surface area contributed by atoms with Gasteiger partial charge < -0.3 is 10.6 Å². The molecule has 2 aromatic rings. The lowest BCUT2D eigenvalue weighted by atomic mass is 9.88. The highest BCUT2D eigenvalue weighted by atomic mass is 79.9. The molecule has 144 valence electrons. The molecule has 0 aliphatic carbocycles. The highest BCUT2D eigenvalue weighted by Gasteiger charge is 2.36. The lowest BCUT2D eigenvalue weighted by molar-refractivity contribution is -0.137. The molecule has 1 aromatic carbocycles.